The lowest BCUT2D eigenvalue weighted by Crippen LogP contribution is -2.42. The lowest BCUT2D eigenvalue weighted by Gasteiger charge is -2.33. The fourth-order valence-electron chi connectivity index (χ4n) is 3.02. The number of rotatable bonds is 4. The van der Waals surface area contributed by atoms with Crippen molar-refractivity contribution < 1.29 is 4.74 Å². The zero-order valence-electron chi connectivity index (χ0n) is 11.5. The molecular formula is C14H28N2O. The molecule has 2 saturated heterocycles. The molecule has 0 aromatic heterocycles. The SMILES string of the molecule is CCN1CCC(CNC2CCOC(C)C2)CC1. The maximum atomic E-state index is 5.58. The van der Waals surface area contributed by atoms with Crippen LogP contribution in [-0.4, -0.2) is 49.8 Å². The number of hydrogen-bond acceptors (Lipinski definition) is 3. The van der Waals surface area contributed by atoms with Crippen LogP contribution in [0, 0.1) is 5.92 Å². The summed E-state index contributed by atoms with van der Waals surface area (Å²) >= 11 is 0. The Morgan fingerprint density at radius 1 is 1.24 bits per heavy atom. The number of piperidine rings is 1. The molecule has 0 saturated carbocycles. The molecule has 0 amide bonds. The number of nitrogens with zero attached hydrogens (tertiary/aromatic N) is 1. The summed E-state index contributed by atoms with van der Waals surface area (Å²) in [5.74, 6) is 0.899. The van der Waals surface area contributed by atoms with E-state index in [0.29, 0.717) is 12.1 Å². The molecule has 100 valence electrons. The topological polar surface area (TPSA) is 24.5 Å². The van der Waals surface area contributed by atoms with E-state index < -0.39 is 0 Å². The van der Waals surface area contributed by atoms with Gasteiger partial charge >= 0.3 is 0 Å². The minimum Gasteiger partial charge on any atom is -0.378 e. The maximum absolute atomic E-state index is 5.58. The van der Waals surface area contributed by atoms with Gasteiger partial charge in [-0.15, -0.1) is 0 Å². The lowest BCUT2D eigenvalue weighted by atomic mass is 9.95. The Morgan fingerprint density at radius 2 is 2.00 bits per heavy atom. The van der Waals surface area contributed by atoms with Gasteiger partial charge in [-0.05, 0) is 64.7 Å². The molecule has 1 N–H and O–H groups in total. The summed E-state index contributed by atoms with van der Waals surface area (Å²) in [5, 5.41) is 3.76. The first-order valence-electron chi connectivity index (χ1n) is 7.35. The van der Waals surface area contributed by atoms with Gasteiger partial charge in [0.25, 0.3) is 0 Å². The van der Waals surface area contributed by atoms with Gasteiger partial charge < -0.3 is 15.0 Å². The highest BCUT2D eigenvalue weighted by Crippen LogP contribution is 2.18. The minimum absolute atomic E-state index is 0.447. The minimum atomic E-state index is 0.447. The number of nitrogens with one attached hydrogen (secondary N) is 1. The number of ether oxygens (including phenoxy) is 1. The van der Waals surface area contributed by atoms with E-state index in [2.05, 4.69) is 24.1 Å². The Morgan fingerprint density at radius 3 is 2.65 bits per heavy atom. The molecule has 2 fully saturated rings. The average molecular weight is 240 g/mol. The lowest BCUT2D eigenvalue weighted by molar-refractivity contribution is 0.0121. The number of hydrogen-bond donors (Lipinski definition) is 1. The van der Waals surface area contributed by atoms with Gasteiger partial charge in [-0.25, -0.2) is 0 Å². The molecule has 3 heteroatoms. The Labute approximate surface area is 106 Å². The summed E-state index contributed by atoms with van der Waals surface area (Å²) in [6.45, 7) is 10.4. The van der Waals surface area contributed by atoms with E-state index in [1.165, 1.54) is 51.9 Å². The third-order valence-corrected chi connectivity index (χ3v) is 4.33. The van der Waals surface area contributed by atoms with Gasteiger partial charge in [0, 0.05) is 12.6 Å². The van der Waals surface area contributed by atoms with Crippen LogP contribution in [0.3, 0.4) is 0 Å². The molecule has 0 aliphatic carbocycles. The smallest absolute Gasteiger partial charge is 0.0561 e. The van der Waals surface area contributed by atoms with Crippen molar-refractivity contribution in [2.45, 2.75) is 51.7 Å². The molecule has 0 radical (unpaired) electrons. The molecule has 2 aliphatic heterocycles. The molecule has 17 heavy (non-hydrogen) atoms. The average Bonchev–Trinajstić information content (AvgIpc) is 2.37. The first-order valence-corrected chi connectivity index (χ1v) is 7.35. The molecule has 0 aromatic carbocycles. The summed E-state index contributed by atoms with van der Waals surface area (Å²) in [7, 11) is 0. The third kappa shape index (κ3) is 4.23. The van der Waals surface area contributed by atoms with Crippen LogP contribution in [0.4, 0.5) is 0 Å². The van der Waals surface area contributed by atoms with Gasteiger partial charge in [0.05, 0.1) is 6.10 Å². The van der Waals surface area contributed by atoms with Crippen molar-refractivity contribution in [1.82, 2.24) is 10.2 Å². The van der Waals surface area contributed by atoms with Crippen LogP contribution in [-0.2, 0) is 4.74 Å². The van der Waals surface area contributed by atoms with Crippen LogP contribution >= 0.6 is 0 Å². The molecular weight excluding hydrogens is 212 g/mol. The zero-order chi connectivity index (χ0) is 12.1. The highest BCUT2D eigenvalue weighted by molar-refractivity contribution is 4.78. The van der Waals surface area contributed by atoms with Gasteiger partial charge in [0.1, 0.15) is 0 Å². The first-order chi connectivity index (χ1) is 8.28. The molecule has 2 rings (SSSR count). The van der Waals surface area contributed by atoms with E-state index in [4.69, 9.17) is 4.74 Å². The van der Waals surface area contributed by atoms with Crippen LogP contribution in [0.5, 0.6) is 0 Å². The van der Waals surface area contributed by atoms with Crippen molar-refractivity contribution in [3.63, 3.8) is 0 Å². The summed E-state index contributed by atoms with van der Waals surface area (Å²) in [4.78, 5) is 2.56. The fourth-order valence-corrected chi connectivity index (χ4v) is 3.02. The normalized spacial score (nSPS) is 32.8. The van der Waals surface area contributed by atoms with E-state index in [-0.39, 0.29) is 0 Å². The second-order valence-electron chi connectivity index (χ2n) is 5.69. The molecule has 0 bridgehead atoms. The highest BCUT2D eigenvalue weighted by Gasteiger charge is 2.22. The predicted octanol–water partition coefficient (Wildman–Crippen LogP) is 1.88. The molecule has 2 unspecified atom stereocenters. The summed E-state index contributed by atoms with van der Waals surface area (Å²) in [5.41, 5.74) is 0. The Bertz CT molecular complexity index is 214. The van der Waals surface area contributed by atoms with E-state index in [1.807, 2.05) is 0 Å². The van der Waals surface area contributed by atoms with Crippen LogP contribution in [0.2, 0.25) is 0 Å². The highest BCUT2D eigenvalue weighted by atomic mass is 16.5. The van der Waals surface area contributed by atoms with Gasteiger partial charge in [0.2, 0.25) is 0 Å². The van der Waals surface area contributed by atoms with E-state index in [0.717, 1.165) is 12.5 Å². The second kappa shape index (κ2) is 6.72. The van der Waals surface area contributed by atoms with Crippen LogP contribution in [0.25, 0.3) is 0 Å². The van der Waals surface area contributed by atoms with Gasteiger partial charge in [-0.1, -0.05) is 6.92 Å². The van der Waals surface area contributed by atoms with E-state index >= 15 is 0 Å². The molecule has 2 heterocycles. The second-order valence-corrected chi connectivity index (χ2v) is 5.69. The molecule has 2 atom stereocenters. The largest absolute Gasteiger partial charge is 0.378 e. The van der Waals surface area contributed by atoms with Crippen molar-refractivity contribution in [3.8, 4) is 0 Å². The van der Waals surface area contributed by atoms with Crippen molar-refractivity contribution in [1.29, 1.82) is 0 Å². The molecule has 3 nitrogen and oxygen atoms in total. The van der Waals surface area contributed by atoms with Crippen LogP contribution in [0.15, 0.2) is 0 Å². The van der Waals surface area contributed by atoms with Crippen LogP contribution < -0.4 is 5.32 Å². The molecule has 0 spiro atoms. The van der Waals surface area contributed by atoms with Gasteiger partial charge in [0.15, 0.2) is 0 Å². The number of likely N-dealkylation sites (tertiary alicyclic amines) is 1. The van der Waals surface area contributed by atoms with Gasteiger partial charge in [-0.3, -0.25) is 0 Å². The molecule has 2 aliphatic rings. The van der Waals surface area contributed by atoms with Crippen LogP contribution in [0.1, 0.15) is 39.5 Å². The first kappa shape index (κ1) is 13.3. The fraction of sp³-hybridized carbons (Fsp3) is 1.00. The van der Waals surface area contributed by atoms with Crippen molar-refractivity contribution >= 4 is 0 Å². The Kier molecular flexibility index (Phi) is 5.26. The van der Waals surface area contributed by atoms with Crippen molar-refractivity contribution in [3.05, 3.63) is 0 Å². The van der Waals surface area contributed by atoms with E-state index in [1.54, 1.807) is 0 Å². The quantitative estimate of drug-likeness (QED) is 0.812. The Hall–Kier alpha value is -0.120. The van der Waals surface area contributed by atoms with Gasteiger partial charge in [-0.2, -0.15) is 0 Å². The monoisotopic (exact) mass is 240 g/mol. The predicted molar refractivity (Wildman–Crippen MR) is 71.3 cm³/mol. The zero-order valence-corrected chi connectivity index (χ0v) is 11.5. The van der Waals surface area contributed by atoms with Crippen molar-refractivity contribution in [2.75, 3.05) is 32.8 Å². The van der Waals surface area contributed by atoms with E-state index in [9.17, 15) is 0 Å². The summed E-state index contributed by atoms with van der Waals surface area (Å²) < 4.78 is 5.58. The summed E-state index contributed by atoms with van der Waals surface area (Å²) in [6.07, 6.45) is 5.58. The Balaban J connectivity index is 1.62. The maximum Gasteiger partial charge on any atom is 0.0561 e. The standard InChI is InChI=1S/C14H28N2O/c1-3-16-7-4-13(5-8-16)11-15-14-6-9-17-12(2)10-14/h12-15H,3-11H2,1-2H3. The third-order valence-electron chi connectivity index (χ3n) is 4.33. The summed E-state index contributed by atoms with van der Waals surface area (Å²) in [6, 6.07) is 0.697. The van der Waals surface area contributed by atoms with Crippen molar-refractivity contribution in [2.24, 2.45) is 5.92 Å². The molecule has 0 aromatic rings.